The van der Waals surface area contributed by atoms with Gasteiger partial charge in [0.2, 0.25) is 11.2 Å². The number of aryl methyl sites for hydroxylation is 3. The number of hydrogen-bond donors (Lipinski definition) is 1. The molecule has 2 aromatic heterocycles. The first-order chi connectivity index (χ1) is 11.5. The Morgan fingerprint density at radius 3 is 2.54 bits per heavy atom. The summed E-state index contributed by atoms with van der Waals surface area (Å²) in [6, 6.07) is 9.12. The Hall–Kier alpha value is -3.01. The van der Waals surface area contributed by atoms with Crippen LogP contribution in [0.4, 0.5) is 0 Å². The molecular formula is C20H16O4. The summed E-state index contributed by atoms with van der Waals surface area (Å²) in [7, 11) is 0. The normalized spacial score (nSPS) is 11.5. The lowest BCUT2D eigenvalue weighted by molar-refractivity contribution is 0.449. The zero-order valence-electron chi connectivity index (χ0n) is 13.6. The van der Waals surface area contributed by atoms with E-state index in [1.54, 1.807) is 18.4 Å². The number of hydrogen-bond acceptors (Lipinski definition) is 4. The molecule has 0 unspecified atom stereocenters. The third kappa shape index (κ3) is 1.96. The Morgan fingerprint density at radius 2 is 1.79 bits per heavy atom. The molecule has 0 amide bonds. The van der Waals surface area contributed by atoms with Crippen molar-refractivity contribution in [1.82, 2.24) is 0 Å². The summed E-state index contributed by atoms with van der Waals surface area (Å²) < 4.78 is 11.5. The lowest BCUT2D eigenvalue weighted by atomic mass is 10.0. The van der Waals surface area contributed by atoms with E-state index >= 15 is 0 Å². The lowest BCUT2D eigenvalue weighted by Crippen LogP contribution is -2.03. The van der Waals surface area contributed by atoms with Crippen LogP contribution in [0.15, 0.2) is 50.2 Å². The first-order valence-corrected chi connectivity index (χ1v) is 7.71. The summed E-state index contributed by atoms with van der Waals surface area (Å²) in [5, 5.41) is 11.5. The van der Waals surface area contributed by atoms with Gasteiger partial charge in [0, 0.05) is 5.56 Å². The third-order valence-electron chi connectivity index (χ3n) is 4.38. The van der Waals surface area contributed by atoms with Crippen LogP contribution in [0.5, 0.6) is 5.75 Å². The largest absolute Gasteiger partial charge is 0.502 e. The van der Waals surface area contributed by atoms with Gasteiger partial charge in [-0.1, -0.05) is 23.8 Å². The summed E-state index contributed by atoms with van der Waals surface area (Å²) in [6.07, 6.45) is 1.63. The van der Waals surface area contributed by atoms with Crippen molar-refractivity contribution in [1.29, 1.82) is 0 Å². The molecule has 0 saturated carbocycles. The van der Waals surface area contributed by atoms with E-state index < -0.39 is 5.43 Å². The van der Waals surface area contributed by atoms with Crippen LogP contribution in [0.2, 0.25) is 0 Å². The van der Waals surface area contributed by atoms with Crippen LogP contribution in [-0.2, 0) is 0 Å². The van der Waals surface area contributed by atoms with Crippen LogP contribution in [-0.4, -0.2) is 5.11 Å². The molecule has 2 aromatic carbocycles. The van der Waals surface area contributed by atoms with Gasteiger partial charge in [0.05, 0.1) is 17.0 Å². The van der Waals surface area contributed by atoms with Gasteiger partial charge in [0.25, 0.3) is 0 Å². The van der Waals surface area contributed by atoms with Crippen LogP contribution in [0.25, 0.3) is 33.3 Å². The van der Waals surface area contributed by atoms with Crippen molar-refractivity contribution >= 4 is 21.9 Å². The lowest BCUT2D eigenvalue weighted by Gasteiger charge is -2.10. The second kappa shape index (κ2) is 4.99. The molecule has 2 heterocycles. The fraction of sp³-hybridized carbons (Fsp3) is 0.150. The van der Waals surface area contributed by atoms with Crippen LogP contribution in [0, 0.1) is 20.8 Å². The van der Waals surface area contributed by atoms with Crippen molar-refractivity contribution < 1.29 is 13.9 Å². The molecule has 0 spiro atoms. The molecule has 0 saturated heterocycles. The minimum atomic E-state index is -0.436. The molecule has 4 heteroatoms. The Bertz CT molecular complexity index is 1160. The maximum Gasteiger partial charge on any atom is 0.235 e. The zero-order valence-corrected chi connectivity index (χ0v) is 13.6. The highest BCUT2D eigenvalue weighted by Gasteiger charge is 2.19. The predicted octanol–water partition coefficient (Wildman–Crippen LogP) is 4.84. The molecule has 0 aliphatic heterocycles. The average Bonchev–Trinajstić information content (AvgIpc) is 2.93. The van der Waals surface area contributed by atoms with Crippen LogP contribution in [0.1, 0.15) is 16.7 Å². The second-order valence-corrected chi connectivity index (χ2v) is 6.16. The van der Waals surface area contributed by atoms with Crippen molar-refractivity contribution in [2.45, 2.75) is 20.8 Å². The first kappa shape index (κ1) is 14.6. The number of fused-ring (bicyclic) bond motifs is 3. The minimum absolute atomic E-state index is 0.193. The molecule has 4 nitrogen and oxygen atoms in total. The Labute approximate surface area is 138 Å². The maximum absolute atomic E-state index is 12.6. The summed E-state index contributed by atoms with van der Waals surface area (Å²) in [6.45, 7) is 5.82. The SMILES string of the molecule is Cc1ccc(-c2oc3c(ccc4occ(C)c43)c(=O)c2O)c(C)c1. The van der Waals surface area contributed by atoms with E-state index in [1.165, 1.54) is 0 Å². The molecule has 0 bridgehead atoms. The van der Waals surface area contributed by atoms with Crippen molar-refractivity contribution in [3.8, 4) is 17.1 Å². The van der Waals surface area contributed by atoms with Crippen molar-refractivity contribution in [2.75, 3.05) is 0 Å². The van der Waals surface area contributed by atoms with E-state index in [2.05, 4.69) is 0 Å². The van der Waals surface area contributed by atoms with Gasteiger partial charge in [0.1, 0.15) is 11.2 Å². The number of benzene rings is 2. The van der Waals surface area contributed by atoms with Crippen molar-refractivity contribution in [2.24, 2.45) is 0 Å². The van der Waals surface area contributed by atoms with E-state index in [0.29, 0.717) is 22.1 Å². The minimum Gasteiger partial charge on any atom is -0.502 e. The molecule has 0 radical (unpaired) electrons. The van der Waals surface area contributed by atoms with E-state index in [9.17, 15) is 9.90 Å². The van der Waals surface area contributed by atoms with Crippen molar-refractivity contribution in [3.05, 3.63) is 63.5 Å². The van der Waals surface area contributed by atoms with Gasteiger partial charge in [-0.2, -0.15) is 0 Å². The topological polar surface area (TPSA) is 63.6 Å². The fourth-order valence-electron chi connectivity index (χ4n) is 3.16. The number of aromatic hydroxyl groups is 1. The molecule has 120 valence electrons. The van der Waals surface area contributed by atoms with Gasteiger partial charge >= 0.3 is 0 Å². The number of furan rings is 1. The van der Waals surface area contributed by atoms with Gasteiger partial charge < -0.3 is 13.9 Å². The second-order valence-electron chi connectivity index (χ2n) is 6.16. The van der Waals surface area contributed by atoms with Crippen LogP contribution >= 0.6 is 0 Å². The predicted molar refractivity (Wildman–Crippen MR) is 93.6 cm³/mol. The van der Waals surface area contributed by atoms with Gasteiger partial charge in [-0.25, -0.2) is 0 Å². The molecule has 24 heavy (non-hydrogen) atoms. The zero-order chi connectivity index (χ0) is 17.0. The Kier molecular flexibility index (Phi) is 3.03. The molecule has 1 N–H and O–H groups in total. The van der Waals surface area contributed by atoms with Gasteiger partial charge in [-0.05, 0) is 44.0 Å². The molecule has 4 rings (SSSR count). The van der Waals surface area contributed by atoms with E-state index in [1.807, 2.05) is 39.0 Å². The molecule has 0 fully saturated rings. The highest BCUT2D eigenvalue weighted by molar-refractivity contribution is 6.04. The van der Waals surface area contributed by atoms with Gasteiger partial charge in [-0.3, -0.25) is 4.79 Å². The third-order valence-corrected chi connectivity index (χ3v) is 4.38. The fourth-order valence-corrected chi connectivity index (χ4v) is 3.16. The quantitative estimate of drug-likeness (QED) is 0.545. The Balaban J connectivity index is 2.17. The van der Waals surface area contributed by atoms with Crippen LogP contribution in [0.3, 0.4) is 0 Å². The van der Waals surface area contributed by atoms with E-state index in [0.717, 1.165) is 22.1 Å². The van der Waals surface area contributed by atoms with Gasteiger partial charge in [-0.15, -0.1) is 0 Å². The number of rotatable bonds is 1. The monoisotopic (exact) mass is 320 g/mol. The summed E-state index contributed by atoms with van der Waals surface area (Å²) in [5.41, 5.74) is 4.28. The summed E-state index contributed by atoms with van der Waals surface area (Å²) >= 11 is 0. The molecular weight excluding hydrogens is 304 g/mol. The maximum atomic E-state index is 12.6. The average molecular weight is 320 g/mol. The van der Waals surface area contributed by atoms with Gasteiger partial charge in [0.15, 0.2) is 5.76 Å². The van der Waals surface area contributed by atoms with Crippen molar-refractivity contribution in [3.63, 3.8) is 0 Å². The van der Waals surface area contributed by atoms with Crippen LogP contribution < -0.4 is 5.43 Å². The first-order valence-electron chi connectivity index (χ1n) is 7.71. The standard InChI is InChI=1S/C20H16O4/c1-10-4-5-13(11(2)8-10)20-18(22)17(21)14-6-7-15-16(19(14)24-20)12(3)9-23-15/h4-9,22H,1-3H3. The highest BCUT2D eigenvalue weighted by Crippen LogP contribution is 2.36. The Morgan fingerprint density at radius 1 is 1.00 bits per heavy atom. The summed E-state index contributed by atoms with van der Waals surface area (Å²) in [4.78, 5) is 12.6. The molecule has 0 aliphatic carbocycles. The van der Waals surface area contributed by atoms with E-state index in [-0.39, 0.29) is 11.5 Å². The van der Waals surface area contributed by atoms with E-state index in [4.69, 9.17) is 8.83 Å². The molecule has 4 aromatic rings. The molecule has 0 aliphatic rings. The smallest absolute Gasteiger partial charge is 0.235 e. The molecule has 0 atom stereocenters. The summed E-state index contributed by atoms with van der Waals surface area (Å²) in [5.74, 6) is -0.173. The highest BCUT2D eigenvalue weighted by atomic mass is 16.4.